The first-order valence-electron chi connectivity index (χ1n) is 11.2. The highest BCUT2D eigenvalue weighted by Gasteiger charge is 2.35. The van der Waals surface area contributed by atoms with E-state index in [2.05, 4.69) is 59.9 Å². The Hall–Kier alpha value is -2.29. The molecule has 0 saturated carbocycles. The monoisotopic (exact) mass is 407 g/mol. The van der Waals surface area contributed by atoms with Gasteiger partial charge in [-0.3, -0.25) is 4.79 Å². The first-order valence-corrected chi connectivity index (χ1v) is 11.2. The predicted octanol–water partition coefficient (Wildman–Crippen LogP) is 6.43. The third-order valence-corrected chi connectivity index (χ3v) is 6.99. The van der Waals surface area contributed by atoms with E-state index in [1.54, 1.807) is 7.11 Å². The quantitative estimate of drug-likeness (QED) is 0.526. The summed E-state index contributed by atoms with van der Waals surface area (Å²) in [6.45, 7) is 20.2. The van der Waals surface area contributed by atoms with Crippen molar-refractivity contribution < 1.29 is 9.53 Å². The van der Waals surface area contributed by atoms with Crippen LogP contribution in [0.2, 0.25) is 0 Å². The fourth-order valence-electron chi connectivity index (χ4n) is 4.83. The topological polar surface area (TPSA) is 29.5 Å². The van der Waals surface area contributed by atoms with Crippen LogP contribution in [0.4, 0.5) is 0 Å². The Morgan fingerprint density at radius 1 is 1.17 bits per heavy atom. The van der Waals surface area contributed by atoms with E-state index in [1.165, 1.54) is 17.5 Å². The van der Waals surface area contributed by atoms with Crippen molar-refractivity contribution in [1.82, 2.24) is 4.90 Å². The molecule has 30 heavy (non-hydrogen) atoms. The molecule has 0 bridgehead atoms. The standard InChI is InChI=1S/C27H37NO2/c1-17(2)18(3)24-16-23-19(4)22(12-11-21(23)15-25(24)30-8)20(5)26(29)28-14-10-9-13-27(28,6)7/h15-17H,3,5,9-14H2,1-2,4,6-8H3. The van der Waals surface area contributed by atoms with Crippen molar-refractivity contribution in [2.24, 2.45) is 5.92 Å². The Morgan fingerprint density at radius 3 is 2.47 bits per heavy atom. The van der Waals surface area contributed by atoms with Gasteiger partial charge in [0.15, 0.2) is 0 Å². The van der Waals surface area contributed by atoms with Crippen molar-refractivity contribution in [2.45, 2.75) is 72.3 Å². The van der Waals surface area contributed by atoms with Crippen LogP contribution in [0, 0.1) is 5.92 Å². The van der Waals surface area contributed by atoms with Crippen LogP contribution in [0.1, 0.15) is 77.0 Å². The average Bonchev–Trinajstić information content (AvgIpc) is 2.71. The molecule has 1 aromatic rings. The van der Waals surface area contributed by atoms with Crippen molar-refractivity contribution >= 4 is 17.1 Å². The van der Waals surface area contributed by atoms with Gasteiger partial charge in [-0.05, 0) is 98.8 Å². The first kappa shape index (κ1) is 22.4. The number of carbonyl (C=O) groups is 1. The van der Waals surface area contributed by atoms with Crippen molar-refractivity contribution in [1.29, 1.82) is 0 Å². The zero-order chi connectivity index (χ0) is 22.2. The number of amides is 1. The Labute approximate surface area is 182 Å². The lowest BCUT2D eigenvalue weighted by Gasteiger charge is -2.43. The lowest BCUT2D eigenvalue weighted by Crippen LogP contribution is -2.51. The summed E-state index contributed by atoms with van der Waals surface area (Å²) in [6.07, 6.45) is 5.04. The highest BCUT2D eigenvalue weighted by molar-refractivity contribution is 6.00. The van der Waals surface area contributed by atoms with E-state index < -0.39 is 0 Å². The summed E-state index contributed by atoms with van der Waals surface area (Å²) in [4.78, 5) is 15.4. The van der Waals surface area contributed by atoms with Crippen molar-refractivity contribution in [2.75, 3.05) is 13.7 Å². The highest BCUT2D eigenvalue weighted by atomic mass is 16.5. The molecule has 0 radical (unpaired) electrons. The number of likely N-dealkylation sites (tertiary alicyclic amines) is 1. The van der Waals surface area contributed by atoms with Crippen LogP contribution in [0.15, 0.2) is 36.4 Å². The summed E-state index contributed by atoms with van der Waals surface area (Å²) in [7, 11) is 1.72. The van der Waals surface area contributed by atoms with Crippen molar-refractivity contribution in [3.63, 3.8) is 0 Å². The molecular weight excluding hydrogens is 370 g/mol. The zero-order valence-electron chi connectivity index (χ0n) is 19.7. The highest BCUT2D eigenvalue weighted by Crippen LogP contribution is 2.41. The van der Waals surface area contributed by atoms with E-state index in [0.717, 1.165) is 60.3 Å². The van der Waals surface area contributed by atoms with Crippen LogP contribution in [-0.2, 0) is 11.2 Å². The third kappa shape index (κ3) is 3.99. The van der Waals surface area contributed by atoms with Gasteiger partial charge >= 0.3 is 0 Å². The van der Waals surface area contributed by atoms with Crippen LogP contribution in [0.5, 0.6) is 5.75 Å². The number of carbonyl (C=O) groups excluding carboxylic acids is 1. The van der Waals surface area contributed by atoms with Gasteiger partial charge in [0.05, 0.1) is 7.11 Å². The fourth-order valence-corrected chi connectivity index (χ4v) is 4.83. The van der Waals surface area contributed by atoms with Gasteiger partial charge in [0.2, 0.25) is 0 Å². The molecule has 0 unspecified atom stereocenters. The number of allylic oxidation sites excluding steroid dienone is 2. The summed E-state index contributed by atoms with van der Waals surface area (Å²) < 4.78 is 5.68. The Bertz CT molecular complexity index is 917. The lowest BCUT2D eigenvalue weighted by atomic mass is 9.80. The van der Waals surface area contributed by atoms with Crippen LogP contribution >= 0.6 is 0 Å². The fraction of sp³-hybridized carbons (Fsp3) is 0.519. The molecule has 2 aliphatic rings. The first-order chi connectivity index (χ1) is 14.1. The molecule has 1 aliphatic heterocycles. The molecule has 162 valence electrons. The maximum atomic E-state index is 13.4. The molecule has 3 rings (SSSR count). The van der Waals surface area contributed by atoms with Gasteiger partial charge in [-0.25, -0.2) is 0 Å². The number of aryl methyl sites for hydroxylation is 1. The average molecular weight is 408 g/mol. The van der Waals surface area contributed by atoms with Crippen LogP contribution < -0.4 is 4.74 Å². The molecule has 1 fully saturated rings. The maximum Gasteiger partial charge on any atom is 0.253 e. The van der Waals surface area contributed by atoms with Gasteiger partial charge in [-0.2, -0.15) is 0 Å². The number of fused-ring (bicyclic) bond motifs is 1. The Morgan fingerprint density at radius 2 is 1.87 bits per heavy atom. The Balaban J connectivity index is 2.00. The zero-order valence-corrected chi connectivity index (χ0v) is 19.7. The van der Waals surface area contributed by atoms with Gasteiger partial charge in [0.1, 0.15) is 5.75 Å². The third-order valence-electron chi connectivity index (χ3n) is 6.99. The molecule has 0 N–H and O–H groups in total. The van der Waals surface area contributed by atoms with E-state index >= 15 is 0 Å². The van der Waals surface area contributed by atoms with Gasteiger partial charge in [0, 0.05) is 23.2 Å². The summed E-state index contributed by atoms with van der Waals surface area (Å²) in [5.74, 6) is 1.31. The summed E-state index contributed by atoms with van der Waals surface area (Å²) in [5, 5.41) is 0. The summed E-state index contributed by atoms with van der Waals surface area (Å²) >= 11 is 0. The minimum atomic E-state index is -0.102. The second-order valence-electron chi connectivity index (χ2n) is 9.70. The number of piperidine rings is 1. The molecule has 0 aromatic heterocycles. The summed E-state index contributed by atoms with van der Waals surface area (Å²) in [5.41, 5.74) is 7.40. The van der Waals surface area contributed by atoms with Crippen LogP contribution in [0.3, 0.4) is 0 Å². The van der Waals surface area contributed by atoms with E-state index in [1.807, 2.05) is 4.90 Å². The number of nitrogens with zero attached hydrogens (tertiary/aromatic N) is 1. The number of rotatable bonds is 5. The molecule has 3 heteroatoms. The van der Waals surface area contributed by atoms with E-state index in [0.29, 0.717) is 11.5 Å². The lowest BCUT2D eigenvalue weighted by molar-refractivity contribution is -0.133. The van der Waals surface area contributed by atoms with Crippen molar-refractivity contribution in [3.8, 4) is 5.75 Å². The molecule has 0 atom stereocenters. The maximum absolute atomic E-state index is 13.4. The SMILES string of the molecule is C=C(C(=O)N1CCCCC1(C)C)C1=C(C)c2cc(C(=C)C(C)C)c(OC)cc2CC1. The van der Waals surface area contributed by atoms with Crippen LogP contribution in [0.25, 0.3) is 11.1 Å². The second kappa shape index (κ2) is 8.45. The molecule has 1 heterocycles. The predicted molar refractivity (Wildman–Crippen MR) is 127 cm³/mol. The molecule has 1 saturated heterocycles. The molecule has 3 nitrogen and oxygen atoms in total. The largest absolute Gasteiger partial charge is 0.496 e. The number of methoxy groups -OCH3 is 1. The Kier molecular flexibility index (Phi) is 6.31. The van der Waals surface area contributed by atoms with E-state index in [9.17, 15) is 4.79 Å². The van der Waals surface area contributed by atoms with Gasteiger partial charge < -0.3 is 9.64 Å². The minimum absolute atomic E-state index is 0.0952. The molecule has 1 amide bonds. The second-order valence-corrected chi connectivity index (χ2v) is 9.70. The van der Waals surface area contributed by atoms with Gasteiger partial charge in [-0.1, -0.05) is 27.0 Å². The normalized spacial score (nSPS) is 18.3. The van der Waals surface area contributed by atoms with E-state index in [4.69, 9.17) is 4.74 Å². The number of hydrogen-bond donors (Lipinski definition) is 0. The number of benzene rings is 1. The minimum Gasteiger partial charge on any atom is -0.496 e. The van der Waals surface area contributed by atoms with Gasteiger partial charge in [-0.15, -0.1) is 0 Å². The summed E-state index contributed by atoms with van der Waals surface area (Å²) in [6, 6.07) is 4.35. The van der Waals surface area contributed by atoms with Crippen molar-refractivity contribution in [3.05, 3.63) is 53.1 Å². The number of hydrogen-bond acceptors (Lipinski definition) is 2. The smallest absolute Gasteiger partial charge is 0.253 e. The molecule has 1 aliphatic carbocycles. The van der Waals surface area contributed by atoms with Gasteiger partial charge in [0.25, 0.3) is 5.91 Å². The van der Waals surface area contributed by atoms with Crippen LogP contribution in [-0.4, -0.2) is 30.0 Å². The molecule has 1 aromatic carbocycles. The van der Waals surface area contributed by atoms with E-state index in [-0.39, 0.29) is 11.4 Å². The number of ether oxygens (including phenoxy) is 1. The molecular formula is C27H37NO2. The molecule has 0 spiro atoms.